The maximum absolute atomic E-state index is 12.2. The van der Waals surface area contributed by atoms with Gasteiger partial charge in [-0.15, -0.1) is 0 Å². The lowest BCUT2D eigenvalue weighted by Gasteiger charge is -2.05. The van der Waals surface area contributed by atoms with Gasteiger partial charge in [0.15, 0.2) is 0 Å². The number of thiophene rings is 1. The van der Waals surface area contributed by atoms with Crippen molar-refractivity contribution in [2.24, 2.45) is 0 Å². The third-order valence-electron chi connectivity index (χ3n) is 2.30. The average molecular weight is 315 g/mol. The van der Waals surface area contributed by atoms with Crippen molar-refractivity contribution in [1.29, 1.82) is 0 Å². The third kappa shape index (κ3) is 2.65. The van der Waals surface area contributed by atoms with Gasteiger partial charge in [0.25, 0.3) is 0 Å². The number of aromatic nitrogens is 2. The van der Waals surface area contributed by atoms with E-state index in [1.54, 1.807) is 18.0 Å². The van der Waals surface area contributed by atoms with Crippen LogP contribution in [-0.4, -0.2) is 29.3 Å². The molecule has 90 valence electrons. The van der Waals surface area contributed by atoms with Gasteiger partial charge in [-0.05, 0) is 27.4 Å². The average Bonchev–Trinajstić information content (AvgIpc) is 2.95. The normalized spacial score (nSPS) is 10.7. The molecule has 0 unspecified atom stereocenters. The third-order valence-corrected chi connectivity index (χ3v) is 3.56. The highest BCUT2D eigenvalue weighted by atomic mass is 79.9. The van der Waals surface area contributed by atoms with Gasteiger partial charge in [-0.3, -0.25) is 9.48 Å². The van der Waals surface area contributed by atoms with Crippen LogP contribution in [0.5, 0.6) is 0 Å². The van der Waals surface area contributed by atoms with Crippen molar-refractivity contribution in [3.63, 3.8) is 0 Å². The quantitative estimate of drug-likeness (QED) is 0.797. The van der Waals surface area contributed by atoms with E-state index < -0.39 is 0 Å². The molecule has 0 aliphatic rings. The zero-order valence-electron chi connectivity index (χ0n) is 9.22. The highest BCUT2D eigenvalue weighted by Gasteiger charge is 2.18. The first-order chi connectivity index (χ1) is 8.24. The highest BCUT2D eigenvalue weighted by molar-refractivity contribution is 9.10. The minimum Gasteiger partial charge on any atom is -0.383 e. The molecule has 0 aromatic carbocycles. The minimum atomic E-state index is -0.0215. The van der Waals surface area contributed by atoms with Crippen molar-refractivity contribution >= 4 is 33.0 Å². The summed E-state index contributed by atoms with van der Waals surface area (Å²) in [5.74, 6) is -0.0215. The second-order valence-corrected chi connectivity index (χ2v) is 5.03. The molecule has 0 amide bonds. The van der Waals surface area contributed by atoms with E-state index in [0.29, 0.717) is 28.9 Å². The number of methoxy groups -OCH3 is 1. The summed E-state index contributed by atoms with van der Waals surface area (Å²) in [4.78, 5) is 12.2. The SMILES string of the molecule is COCCn1ncc(Br)c1C(=O)c1ccsc1. The van der Waals surface area contributed by atoms with Crippen LogP contribution in [0.1, 0.15) is 16.1 Å². The number of hydrogen-bond donors (Lipinski definition) is 0. The largest absolute Gasteiger partial charge is 0.383 e. The van der Waals surface area contributed by atoms with Crippen molar-refractivity contribution in [2.75, 3.05) is 13.7 Å². The molecule has 0 aliphatic heterocycles. The molecular formula is C11H11BrN2O2S. The molecular weight excluding hydrogens is 304 g/mol. The fraction of sp³-hybridized carbons (Fsp3) is 0.273. The van der Waals surface area contributed by atoms with Crippen LogP contribution in [0, 0.1) is 0 Å². The van der Waals surface area contributed by atoms with Gasteiger partial charge >= 0.3 is 0 Å². The molecule has 0 atom stereocenters. The first-order valence-electron chi connectivity index (χ1n) is 5.01. The van der Waals surface area contributed by atoms with E-state index in [1.807, 2.05) is 16.8 Å². The topological polar surface area (TPSA) is 44.1 Å². The van der Waals surface area contributed by atoms with Crippen molar-refractivity contribution in [3.8, 4) is 0 Å². The number of halogens is 1. The molecule has 2 rings (SSSR count). The number of carbonyl (C=O) groups is 1. The fourth-order valence-electron chi connectivity index (χ4n) is 1.47. The molecule has 0 N–H and O–H groups in total. The predicted molar refractivity (Wildman–Crippen MR) is 69.6 cm³/mol. The monoisotopic (exact) mass is 314 g/mol. The number of carbonyl (C=O) groups excluding carboxylic acids is 1. The van der Waals surface area contributed by atoms with Crippen LogP contribution in [0.2, 0.25) is 0 Å². The van der Waals surface area contributed by atoms with E-state index in [4.69, 9.17) is 4.74 Å². The molecule has 2 aromatic rings. The van der Waals surface area contributed by atoms with Gasteiger partial charge in [0.2, 0.25) is 5.78 Å². The van der Waals surface area contributed by atoms with Gasteiger partial charge in [-0.1, -0.05) is 0 Å². The molecule has 2 aromatic heterocycles. The van der Waals surface area contributed by atoms with Crippen molar-refractivity contribution < 1.29 is 9.53 Å². The Morgan fingerprint density at radius 1 is 1.65 bits per heavy atom. The van der Waals surface area contributed by atoms with Crippen LogP contribution in [-0.2, 0) is 11.3 Å². The molecule has 0 aliphatic carbocycles. The van der Waals surface area contributed by atoms with Crippen LogP contribution >= 0.6 is 27.3 Å². The summed E-state index contributed by atoms with van der Waals surface area (Å²) in [7, 11) is 1.62. The summed E-state index contributed by atoms with van der Waals surface area (Å²) >= 11 is 4.86. The van der Waals surface area contributed by atoms with Crippen LogP contribution in [0.15, 0.2) is 27.5 Å². The number of nitrogens with zero attached hydrogens (tertiary/aromatic N) is 2. The van der Waals surface area contributed by atoms with Crippen molar-refractivity contribution in [2.45, 2.75) is 6.54 Å². The minimum absolute atomic E-state index is 0.0215. The highest BCUT2D eigenvalue weighted by Crippen LogP contribution is 2.21. The Morgan fingerprint density at radius 3 is 3.12 bits per heavy atom. The molecule has 17 heavy (non-hydrogen) atoms. The Morgan fingerprint density at radius 2 is 2.47 bits per heavy atom. The number of ether oxygens (including phenoxy) is 1. The fourth-order valence-corrected chi connectivity index (χ4v) is 2.58. The van der Waals surface area contributed by atoms with E-state index in [9.17, 15) is 4.79 Å². The van der Waals surface area contributed by atoms with Gasteiger partial charge in [-0.2, -0.15) is 16.4 Å². The molecule has 0 fully saturated rings. The lowest BCUT2D eigenvalue weighted by Crippen LogP contribution is -2.14. The van der Waals surface area contributed by atoms with Crippen molar-refractivity contribution in [3.05, 3.63) is 38.8 Å². The maximum Gasteiger partial charge on any atom is 0.213 e. The van der Waals surface area contributed by atoms with Crippen molar-refractivity contribution in [1.82, 2.24) is 9.78 Å². The maximum atomic E-state index is 12.2. The molecule has 0 radical (unpaired) electrons. The summed E-state index contributed by atoms with van der Waals surface area (Å²) in [5.41, 5.74) is 1.26. The smallest absolute Gasteiger partial charge is 0.213 e. The summed E-state index contributed by atoms with van der Waals surface area (Å²) in [5, 5.41) is 7.88. The van der Waals surface area contributed by atoms with Crippen LogP contribution < -0.4 is 0 Å². The van der Waals surface area contributed by atoms with Gasteiger partial charge in [0, 0.05) is 18.1 Å². The first kappa shape index (κ1) is 12.5. The standard InChI is InChI=1S/C11H11BrN2O2S/c1-16-4-3-14-10(9(12)6-13-14)11(15)8-2-5-17-7-8/h2,5-7H,3-4H2,1H3. The van der Waals surface area contributed by atoms with E-state index >= 15 is 0 Å². The van der Waals surface area contributed by atoms with Crippen LogP contribution in [0.4, 0.5) is 0 Å². The lowest BCUT2D eigenvalue weighted by atomic mass is 10.1. The van der Waals surface area contributed by atoms with E-state index in [1.165, 1.54) is 11.3 Å². The Kier molecular flexibility index (Phi) is 4.09. The molecule has 0 spiro atoms. The molecule has 0 saturated carbocycles. The number of ketones is 1. The van der Waals surface area contributed by atoms with Gasteiger partial charge in [0.1, 0.15) is 5.69 Å². The second kappa shape index (κ2) is 5.57. The van der Waals surface area contributed by atoms with Gasteiger partial charge in [-0.25, -0.2) is 0 Å². The lowest BCUT2D eigenvalue weighted by molar-refractivity contribution is 0.102. The van der Waals surface area contributed by atoms with Gasteiger partial charge in [0.05, 0.1) is 23.8 Å². The summed E-state index contributed by atoms with van der Waals surface area (Å²) in [6.07, 6.45) is 1.63. The zero-order valence-corrected chi connectivity index (χ0v) is 11.6. The van der Waals surface area contributed by atoms with E-state index in [0.717, 1.165) is 0 Å². The molecule has 4 nitrogen and oxygen atoms in total. The number of hydrogen-bond acceptors (Lipinski definition) is 4. The Hall–Kier alpha value is -0.980. The van der Waals surface area contributed by atoms with Crippen LogP contribution in [0.3, 0.4) is 0 Å². The molecule has 0 bridgehead atoms. The predicted octanol–water partition coefficient (Wildman–Crippen LogP) is 2.58. The number of rotatable bonds is 5. The Labute approximate surface area is 111 Å². The molecule has 0 saturated heterocycles. The van der Waals surface area contributed by atoms with Gasteiger partial charge < -0.3 is 4.74 Å². The summed E-state index contributed by atoms with van der Waals surface area (Å²) in [6.45, 7) is 1.09. The molecule has 2 heterocycles. The summed E-state index contributed by atoms with van der Waals surface area (Å²) in [6, 6.07) is 1.81. The molecule has 6 heteroatoms. The zero-order chi connectivity index (χ0) is 12.3. The Balaban J connectivity index is 2.31. The van der Waals surface area contributed by atoms with E-state index in [-0.39, 0.29) is 5.78 Å². The second-order valence-electron chi connectivity index (χ2n) is 3.40. The summed E-state index contributed by atoms with van der Waals surface area (Å²) < 4.78 is 7.37. The van der Waals surface area contributed by atoms with Crippen LogP contribution in [0.25, 0.3) is 0 Å². The first-order valence-corrected chi connectivity index (χ1v) is 6.74. The Bertz CT molecular complexity index is 508. The van der Waals surface area contributed by atoms with E-state index in [2.05, 4.69) is 21.0 Å².